The molecule has 0 unspecified atom stereocenters. The van der Waals surface area contributed by atoms with Crippen molar-refractivity contribution in [3.8, 4) is 55.6 Å². The van der Waals surface area contributed by atoms with E-state index in [0.29, 0.717) is 0 Å². The number of hydrogen-bond acceptors (Lipinski definition) is 0. The van der Waals surface area contributed by atoms with E-state index < -0.39 is 0 Å². The van der Waals surface area contributed by atoms with Crippen molar-refractivity contribution >= 4 is 53.9 Å². The van der Waals surface area contributed by atoms with E-state index in [4.69, 9.17) is 0 Å². The fourth-order valence-corrected chi connectivity index (χ4v) is 9.58. The zero-order chi connectivity index (χ0) is 38.7. The Hall–Kier alpha value is -7.28. The van der Waals surface area contributed by atoms with Gasteiger partial charge in [-0.3, -0.25) is 0 Å². The van der Waals surface area contributed by atoms with Gasteiger partial charge in [-0.15, -0.1) is 0 Å². The predicted octanol–water partition coefficient (Wildman–Crippen LogP) is 16.4. The third-order valence-corrected chi connectivity index (χ3v) is 12.4. The van der Waals surface area contributed by atoms with Gasteiger partial charge in [0.2, 0.25) is 0 Å². The molecule has 0 amide bonds. The molecule has 0 saturated carbocycles. The molecule has 11 aromatic carbocycles. The molecule has 0 fully saturated rings. The van der Waals surface area contributed by atoms with Crippen LogP contribution < -0.4 is 0 Å². The topological polar surface area (TPSA) is 0 Å². The van der Waals surface area contributed by atoms with Crippen LogP contribution in [0.5, 0.6) is 0 Å². The molecule has 0 N–H and O–H groups in total. The highest BCUT2D eigenvalue weighted by molar-refractivity contribution is 6.19. The van der Waals surface area contributed by atoms with Crippen molar-refractivity contribution in [2.75, 3.05) is 0 Å². The SMILES string of the molecule is Cc1c2ccccc2c(-c2cc(-c3ccccc3)cc(-c3cccc(-c4ccc5c(C)c6ccccc6c(-c6cccc7ccccc67)c5c4)c3)c2)c2ccccc12. The van der Waals surface area contributed by atoms with Crippen LogP contribution in [-0.4, -0.2) is 0 Å². The van der Waals surface area contributed by atoms with Gasteiger partial charge in [0.25, 0.3) is 0 Å². The second kappa shape index (κ2) is 13.7. The molecule has 0 aliphatic carbocycles. The number of fused-ring (bicyclic) bond motifs is 5. The van der Waals surface area contributed by atoms with Gasteiger partial charge >= 0.3 is 0 Å². The van der Waals surface area contributed by atoms with Gasteiger partial charge < -0.3 is 0 Å². The van der Waals surface area contributed by atoms with Crippen LogP contribution >= 0.6 is 0 Å². The average molecular weight is 737 g/mol. The van der Waals surface area contributed by atoms with Crippen LogP contribution in [0.15, 0.2) is 206 Å². The summed E-state index contributed by atoms with van der Waals surface area (Å²) in [5.41, 5.74) is 14.9. The highest BCUT2D eigenvalue weighted by Gasteiger charge is 2.18. The first kappa shape index (κ1) is 34.0. The summed E-state index contributed by atoms with van der Waals surface area (Å²) in [6.45, 7) is 4.53. The number of benzene rings is 11. The Bertz CT molecular complexity index is 3340. The maximum Gasteiger partial charge on any atom is -0.00202 e. The molecule has 0 bridgehead atoms. The summed E-state index contributed by atoms with van der Waals surface area (Å²) in [6.07, 6.45) is 0. The second-order valence-electron chi connectivity index (χ2n) is 15.7. The predicted molar refractivity (Wildman–Crippen MR) is 251 cm³/mol. The Labute approximate surface area is 339 Å². The normalized spacial score (nSPS) is 11.6. The van der Waals surface area contributed by atoms with Gasteiger partial charge in [0, 0.05) is 0 Å². The maximum absolute atomic E-state index is 2.43. The Morgan fingerprint density at radius 3 is 1.29 bits per heavy atom. The van der Waals surface area contributed by atoms with E-state index in [9.17, 15) is 0 Å². The average Bonchev–Trinajstić information content (AvgIpc) is 3.29. The summed E-state index contributed by atoms with van der Waals surface area (Å²) in [7, 11) is 0. The fourth-order valence-electron chi connectivity index (χ4n) is 9.58. The smallest absolute Gasteiger partial charge is 0.00202 e. The first-order valence-corrected chi connectivity index (χ1v) is 20.3. The highest BCUT2D eigenvalue weighted by Crippen LogP contribution is 2.45. The largest absolute Gasteiger partial charge is 0.0622 e. The first-order chi connectivity index (χ1) is 28.6. The van der Waals surface area contributed by atoms with Crippen LogP contribution in [0.2, 0.25) is 0 Å². The van der Waals surface area contributed by atoms with E-state index in [-0.39, 0.29) is 0 Å². The summed E-state index contributed by atoms with van der Waals surface area (Å²) in [6, 6.07) is 76.4. The van der Waals surface area contributed by atoms with Crippen molar-refractivity contribution in [3.63, 3.8) is 0 Å². The lowest BCUT2D eigenvalue weighted by Crippen LogP contribution is -1.92. The van der Waals surface area contributed by atoms with Crippen LogP contribution in [0.25, 0.3) is 109 Å². The molecule has 272 valence electrons. The molecular formula is C58H40. The lowest BCUT2D eigenvalue weighted by molar-refractivity contribution is 1.55. The quantitative estimate of drug-likeness (QED) is 0.154. The molecule has 0 heterocycles. The van der Waals surface area contributed by atoms with Crippen molar-refractivity contribution in [2.24, 2.45) is 0 Å². The Morgan fingerprint density at radius 1 is 0.224 bits per heavy atom. The molecule has 0 spiro atoms. The monoisotopic (exact) mass is 736 g/mol. The van der Waals surface area contributed by atoms with Gasteiger partial charge in [-0.25, -0.2) is 0 Å². The van der Waals surface area contributed by atoms with Gasteiger partial charge in [-0.2, -0.15) is 0 Å². The summed E-state index contributed by atoms with van der Waals surface area (Å²) < 4.78 is 0. The minimum Gasteiger partial charge on any atom is -0.0622 e. The Kier molecular flexibility index (Phi) is 8.05. The molecular weight excluding hydrogens is 697 g/mol. The summed E-state index contributed by atoms with van der Waals surface area (Å²) in [4.78, 5) is 0. The molecule has 0 atom stereocenters. The van der Waals surface area contributed by atoms with Gasteiger partial charge in [0.1, 0.15) is 0 Å². The van der Waals surface area contributed by atoms with E-state index in [1.54, 1.807) is 0 Å². The van der Waals surface area contributed by atoms with E-state index >= 15 is 0 Å². The minimum absolute atomic E-state index is 1.20. The molecule has 0 radical (unpaired) electrons. The zero-order valence-electron chi connectivity index (χ0n) is 32.6. The summed E-state index contributed by atoms with van der Waals surface area (Å²) in [5, 5.41) is 12.8. The number of rotatable bonds is 5. The highest BCUT2D eigenvalue weighted by atomic mass is 14.2. The fraction of sp³-hybridized carbons (Fsp3) is 0.0345. The van der Waals surface area contributed by atoms with E-state index in [0.717, 1.165) is 0 Å². The number of hydrogen-bond donors (Lipinski definition) is 0. The van der Waals surface area contributed by atoms with Gasteiger partial charge in [0.15, 0.2) is 0 Å². The number of aryl methyl sites for hydroxylation is 2. The van der Waals surface area contributed by atoms with Crippen LogP contribution in [0.3, 0.4) is 0 Å². The third-order valence-electron chi connectivity index (χ3n) is 12.4. The molecule has 11 aromatic rings. The zero-order valence-corrected chi connectivity index (χ0v) is 32.6. The van der Waals surface area contributed by atoms with E-state index in [2.05, 4.69) is 220 Å². The van der Waals surface area contributed by atoms with Gasteiger partial charge in [-0.05, 0) is 165 Å². The molecule has 0 nitrogen and oxygen atoms in total. The lowest BCUT2D eigenvalue weighted by Gasteiger charge is -2.18. The van der Waals surface area contributed by atoms with Crippen molar-refractivity contribution < 1.29 is 0 Å². The van der Waals surface area contributed by atoms with Crippen molar-refractivity contribution in [1.82, 2.24) is 0 Å². The van der Waals surface area contributed by atoms with Gasteiger partial charge in [0.05, 0.1) is 0 Å². The summed E-state index contributed by atoms with van der Waals surface area (Å²) in [5.74, 6) is 0. The second-order valence-corrected chi connectivity index (χ2v) is 15.7. The van der Waals surface area contributed by atoms with E-state index in [1.165, 1.54) is 121 Å². The van der Waals surface area contributed by atoms with E-state index in [1.807, 2.05) is 0 Å². The van der Waals surface area contributed by atoms with Crippen LogP contribution in [0.4, 0.5) is 0 Å². The van der Waals surface area contributed by atoms with Crippen LogP contribution in [0, 0.1) is 13.8 Å². The Balaban J connectivity index is 1.13. The third kappa shape index (κ3) is 5.52. The summed E-state index contributed by atoms with van der Waals surface area (Å²) >= 11 is 0. The Morgan fingerprint density at radius 2 is 0.638 bits per heavy atom. The molecule has 58 heavy (non-hydrogen) atoms. The standard InChI is InChI=1S/C58H40/c1-37-47-22-8-11-26-52(47)57(53-27-12-9-23-48(37)53)46-34-44(39-16-4-3-5-17-39)33-45(35-46)42-21-14-20-41(32-42)43-30-31-50-38(2)49-24-10-13-28-54(49)58(56(50)36-43)55-29-15-19-40-18-6-7-25-51(40)55/h3-36H,1-2H3. The maximum atomic E-state index is 2.43. The molecule has 0 aromatic heterocycles. The molecule has 0 aliphatic rings. The van der Waals surface area contributed by atoms with Crippen LogP contribution in [-0.2, 0) is 0 Å². The minimum atomic E-state index is 1.20. The molecule has 0 heteroatoms. The van der Waals surface area contributed by atoms with Crippen molar-refractivity contribution in [2.45, 2.75) is 13.8 Å². The lowest BCUT2D eigenvalue weighted by atomic mass is 9.85. The first-order valence-electron chi connectivity index (χ1n) is 20.3. The van der Waals surface area contributed by atoms with Crippen molar-refractivity contribution in [1.29, 1.82) is 0 Å². The molecule has 0 aliphatic heterocycles. The van der Waals surface area contributed by atoms with Crippen LogP contribution in [0.1, 0.15) is 11.1 Å². The molecule has 11 rings (SSSR count). The van der Waals surface area contributed by atoms with Crippen molar-refractivity contribution in [3.05, 3.63) is 217 Å². The molecule has 0 saturated heterocycles. The van der Waals surface area contributed by atoms with Gasteiger partial charge in [-0.1, -0.05) is 176 Å².